The van der Waals surface area contributed by atoms with Gasteiger partial charge in [-0.1, -0.05) is 42.5 Å². The normalized spacial score (nSPS) is 14.1. The molecule has 4 rings (SSSR count). The number of rotatable bonds is 6. The summed E-state index contributed by atoms with van der Waals surface area (Å²) in [6, 6.07) is 20.8. The van der Waals surface area contributed by atoms with Crippen LogP contribution in [0.15, 0.2) is 78.9 Å². The predicted octanol–water partition coefficient (Wildman–Crippen LogP) is 6.29. The van der Waals surface area contributed by atoms with Gasteiger partial charge in [-0.15, -0.1) is 0 Å². The summed E-state index contributed by atoms with van der Waals surface area (Å²) in [7, 11) is 0. The van der Waals surface area contributed by atoms with E-state index >= 15 is 0 Å². The van der Waals surface area contributed by atoms with Crippen LogP contribution in [0.4, 0.5) is 34.1 Å². The van der Waals surface area contributed by atoms with Gasteiger partial charge in [0.2, 0.25) is 0 Å². The van der Waals surface area contributed by atoms with E-state index in [1.807, 2.05) is 30.3 Å². The number of hydrogen-bond acceptors (Lipinski definition) is 3. The lowest BCUT2D eigenvalue weighted by Crippen LogP contribution is -2.49. The fourth-order valence-corrected chi connectivity index (χ4v) is 3.84. The van der Waals surface area contributed by atoms with Gasteiger partial charge in [0, 0.05) is 31.0 Å². The highest BCUT2D eigenvalue weighted by Crippen LogP contribution is 2.30. The summed E-state index contributed by atoms with van der Waals surface area (Å²) < 4.78 is 44.3. The summed E-state index contributed by atoms with van der Waals surface area (Å²) in [6.45, 7) is 1.18. The van der Waals surface area contributed by atoms with Crippen LogP contribution in [-0.2, 0) is 24.1 Å². The molecule has 6 nitrogen and oxygen atoms in total. The summed E-state index contributed by atoms with van der Waals surface area (Å²) in [4.78, 5) is 28.2. The molecule has 1 heterocycles. The Morgan fingerprint density at radius 2 is 1.63 bits per heavy atom. The van der Waals surface area contributed by atoms with Crippen molar-refractivity contribution < 1.29 is 27.5 Å². The van der Waals surface area contributed by atoms with Gasteiger partial charge in [-0.05, 0) is 53.9 Å². The zero-order chi connectivity index (χ0) is 24.8. The molecule has 35 heavy (non-hydrogen) atoms. The van der Waals surface area contributed by atoms with Crippen LogP contribution < -0.4 is 10.2 Å². The van der Waals surface area contributed by atoms with Gasteiger partial charge in [-0.25, -0.2) is 9.59 Å². The van der Waals surface area contributed by atoms with Crippen LogP contribution in [0.1, 0.15) is 23.1 Å². The van der Waals surface area contributed by atoms with E-state index in [-0.39, 0.29) is 19.2 Å². The van der Waals surface area contributed by atoms with Crippen LogP contribution in [0, 0.1) is 0 Å². The van der Waals surface area contributed by atoms with Crippen LogP contribution in [-0.4, -0.2) is 30.1 Å². The van der Waals surface area contributed by atoms with Gasteiger partial charge < -0.3 is 9.64 Å². The molecule has 1 fully saturated rings. The molecule has 0 radical (unpaired) electrons. The number of hydrogen-bond donors (Lipinski definition) is 1. The van der Waals surface area contributed by atoms with E-state index in [1.165, 1.54) is 11.0 Å². The van der Waals surface area contributed by atoms with E-state index in [0.29, 0.717) is 36.4 Å². The molecule has 1 aliphatic heterocycles. The van der Waals surface area contributed by atoms with Crippen LogP contribution in [0.25, 0.3) is 0 Å². The summed E-state index contributed by atoms with van der Waals surface area (Å²) in [5.41, 5.74) is 1.70. The number of halogens is 3. The van der Waals surface area contributed by atoms with Gasteiger partial charge >= 0.3 is 18.3 Å². The maximum atomic E-state index is 13.0. The Morgan fingerprint density at radius 3 is 2.34 bits per heavy atom. The number of amides is 3. The summed E-state index contributed by atoms with van der Waals surface area (Å²) in [5, 5.41) is 2.65. The molecule has 3 aromatic rings. The predicted molar refractivity (Wildman–Crippen MR) is 126 cm³/mol. The molecule has 3 amide bonds. The summed E-state index contributed by atoms with van der Waals surface area (Å²) in [6.07, 6.45) is -4.35. The molecule has 0 bridgehead atoms. The number of ether oxygens (including phenoxy) is 1. The lowest BCUT2D eigenvalue weighted by atomic mass is 10.1. The van der Waals surface area contributed by atoms with Crippen LogP contribution in [0.2, 0.25) is 0 Å². The third kappa shape index (κ3) is 6.32. The van der Waals surface area contributed by atoms with Crippen molar-refractivity contribution in [2.45, 2.75) is 25.7 Å². The third-order valence-corrected chi connectivity index (χ3v) is 5.58. The quantitative estimate of drug-likeness (QED) is 0.449. The van der Waals surface area contributed by atoms with E-state index in [0.717, 1.165) is 17.7 Å². The zero-order valence-electron chi connectivity index (χ0n) is 18.8. The largest absolute Gasteiger partial charge is 0.444 e. The third-order valence-electron chi connectivity index (χ3n) is 5.58. The first-order chi connectivity index (χ1) is 16.8. The number of nitrogens with zero attached hydrogens (tertiary/aromatic N) is 2. The first kappa shape index (κ1) is 24.1. The molecule has 1 N–H and O–H groups in total. The van der Waals surface area contributed by atoms with Crippen LogP contribution >= 0.6 is 0 Å². The molecule has 0 aliphatic carbocycles. The Bertz CT molecular complexity index is 1170. The van der Waals surface area contributed by atoms with E-state index in [1.54, 1.807) is 35.2 Å². The Hall–Kier alpha value is -4.01. The molecule has 0 atom stereocenters. The standard InChI is InChI=1S/C26H24F3N3O3/c27-26(28,29)21-9-4-8-20(16-21)17-31-14-5-15-32(25(31)34)23-12-10-22(11-13-23)30-24(33)35-18-19-6-2-1-3-7-19/h1-4,6-13,16H,5,14-15,17-18H2,(H,30,33). The van der Waals surface area contributed by atoms with Gasteiger partial charge in [-0.3, -0.25) is 10.2 Å². The van der Waals surface area contributed by atoms with Crippen molar-refractivity contribution in [3.63, 3.8) is 0 Å². The van der Waals surface area contributed by atoms with Gasteiger partial charge in [0.1, 0.15) is 6.61 Å². The molecule has 182 valence electrons. The average Bonchev–Trinajstić information content (AvgIpc) is 2.85. The lowest BCUT2D eigenvalue weighted by molar-refractivity contribution is -0.137. The number of alkyl halides is 3. The SMILES string of the molecule is O=C(Nc1ccc(N2CCCN(Cc3cccc(C(F)(F)F)c3)C2=O)cc1)OCc1ccccc1. The Kier molecular flexibility index (Phi) is 7.24. The molecule has 9 heteroatoms. The number of urea groups is 1. The topological polar surface area (TPSA) is 61.9 Å². The molecule has 0 aromatic heterocycles. The first-order valence-corrected chi connectivity index (χ1v) is 11.1. The van der Waals surface area contributed by atoms with Gasteiger partial charge in [0.15, 0.2) is 0 Å². The van der Waals surface area contributed by atoms with Crippen molar-refractivity contribution >= 4 is 23.5 Å². The second-order valence-corrected chi connectivity index (χ2v) is 8.14. The molecule has 0 unspecified atom stereocenters. The minimum atomic E-state index is -4.43. The second-order valence-electron chi connectivity index (χ2n) is 8.14. The van der Waals surface area contributed by atoms with Crippen molar-refractivity contribution in [3.8, 4) is 0 Å². The first-order valence-electron chi connectivity index (χ1n) is 11.1. The van der Waals surface area contributed by atoms with Crippen LogP contribution in [0.3, 0.4) is 0 Å². The summed E-state index contributed by atoms with van der Waals surface area (Å²) >= 11 is 0. The van der Waals surface area contributed by atoms with E-state index < -0.39 is 17.8 Å². The zero-order valence-corrected chi connectivity index (χ0v) is 18.8. The fourth-order valence-electron chi connectivity index (χ4n) is 3.84. The van der Waals surface area contributed by atoms with Gasteiger partial charge in [-0.2, -0.15) is 13.2 Å². The molecular weight excluding hydrogens is 459 g/mol. The highest BCUT2D eigenvalue weighted by molar-refractivity contribution is 5.93. The maximum Gasteiger partial charge on any atom is 0.416 e. The highest BCUT2D eigenvalue weighted by Gasteiger charge is 2.31. The van der Waals surface area contributed by atoms with Gasteiger partial charge in [0.05, 0.1) is 5.56 Å². The minimum Gasteiger partial charge on any atom is -0.444 e. The molecule has 3 aromatic carbocycles. The number of benzene rings is 3. The molecule has 1 aliphatic rings. The monoisotopic (exact) mass is 483 g/mol. The van der Waals surface area contributed by atoms with E-state index in [4.69, 9.17) is 4.74 Å². The number of anilines is 2. The van der Waals surface area contributed by atoms with Crippen molar-refractivity contribution in [1.82, 2.24) is 4.90 Å². The second kappa shape index (κ2) is 10.5. The Balaban J connectivity index is 1.35. The van der Waals surface area contributed by atoms with Gasteiger partial charge in [0.25, 0.3) is 0 Å². The molecule has 0 spiro atoms. The average molecular weight is 483 g/mol. The number of carbonyl (C=O) groups excluding carboxylic acids is 2. The highest BCUT2D eigenvalue weighted by atomic mass is 19.4. The number of carbonyl (C=O) groups is 2. The minimum absolute atomic E-state index is 0.0894. The number of nitrogens with one attached hydrogen (secondary N) is 1. The molecular formula is C26H24F3N3O3. The molecule has 1 saturated heterocycles. The Labute approximate surface area is 200 Å². The van der Waals surface area contributed by atoms with E-state index in [2.05, 4.69) is 5.32 Å². The summed E-state index contributed by atoms with van der Waals surface area (Å²) in [5.74, 6) is 0. The molecule has 0 saturated carbocycles. The maximum absolute atomic E-state index is 13.0. The lowest BCUT2D eigenvalue weighted by Gasteiger charge is -2.35. The Morgan fingerprint density at radius 1 is 0.914 bits per heavy atom. The smallest absolute Gasteiger partial charge is 0.416 e. The van der Waals surface area contributed by atoms with Crippen LogP contribution in [0.5, 0.6) is 0 Å². The fraction of sp³-hybridized carbons (Fsp3) is 0.231. The van der Waals surface area contributed by atoms with Crippen molar-refractivity contribution in [2.75, 3.05) is 23.3 Å². The van der Waals surface area contributed by atoms with Crippen molar-refractivity contribution in [1.29, 1.82) is 0 Å². The van der Waals surface area contributed by atoms with Crippen molar-refractivity contribution in [3.05, 3.63) is 95.6 Å². The van der Waals surface area contributed by atoms with E-state index in [9.17, 15) is 22.8 Å². The van der Waals surface area contributed by atoms with Crippen molar-refractivity contribution in [2.24, 2.45) is 0 Å².